The lowest BCUT2D eigenvalue weighted by atomic mass is 9.97. The van der Waals surface area contributed by atoms with Crippen molar-refractivity contribution in [3.05, 3.63) is 76.8 Å². The van der Waals surface area contributed by atoms with Crippen LogP contribution in [0.25, 0.3) is 5.69 Å². The average Bonchev–Trinajstić information content (AvgIpc) is 3.24. The van der Waals surface area contributed by atoms with Gasteiger partial charge >= 0.3 is 5.97 Å². The van der Waals surface area contributed by atoms with Crippen molar-refractivity contribution in [2.45, 2.75) is 39.2 Å². The van der Waals surface area contributed by atoms with Crippen molar-refractivity contribution in [2.75, 3.05) is 5.32 Å². The number of hydrogen-bond acceptors (Lipinski definition) is 4. The molecule has 6 nitrogen and oxygen atoms in total. The van der Waals surface area contributed by atoms with Gasteiger partial charge in [0.05, 0.1) is 0 Å². The second kappa shape index (κ2) is 9.71. The van der Waals surface area contributed by atoms with Gasteiger partial charge in [-0.15, -0.1) is 0 Å². The number of ether oxygens (including phenoxy) is 1. The Balaban J connectivity index is 1.65. The summed E-state index contributed by atoms with van der Waals surface area (Å²) in [6.45, 7) is 5.75. The molecule has 0 aliphatic carbocycles. The molecular formula is C23H24BrN3O3. The predicted octanol–water partition coefficient (Wildman–Crippen LogP) is 5.33. The van der Waals surface area contributed by atoms with Gasteiger partial charge in [0.2, 0.25) is 0 Å². The molecule has 0 radical (unpaired) electrons. The number of esters is 1. The van der Waals surface area contributed by atoms with Crippen LogP contribution in [0.5, 0.6) is 0 Å². The lowest BCUT2D eigenvalue weighted by Gasteiger charge is -2.18. The molecule has 3 rings (SSSR count). The zero-order valence-electron chi connectivity index (χ0n) is 17.1. The number of para-hydroxylation sites is 1. The molecule has 0 saturated heterocycles. The molecule has 1 aromatic heterocycles. The van der Waals surface area contributed by atoms with E-state index in [-0.39, 0.29) is 11.6 Å². The standard InChI is InChI=1S/C23H24BrN3O3/c1-4-15(2)19-7-5-6-8-20(19)26-22(28)16(3)30-23(29)21-13-27(14-25-21)18-11-9-17(24)10-12-18/h5-16H,4H2,1-3H3,(H,26,28). The van der Waals surface area contributed by atoms with E-state index in [2.05, 4.69) is 40.1 Å². The van der Waals surface area contributed by atoms with Crippen molar-refractivity contribution in [3.63, 3.8) is 0 Å². The van der Waals surface area contributed by atoms with Gasteiger partial charge in [0.1, 0.15) is 6.33 Å². The minimum atomic E-state index is -0.958. The fourth-order valence-corrected chi connectivity index (χ4v) is 3.22. The van der Waals surface area contributed by atoms with Gasteiger partial charge in [-0.1, -0.05) is 48.0 Å². The molecule has 0 aliphatic heterocycles. The maximum Gasteiger partial charge on any atom is 0.359 e. The number of imidazole rings is 1. The van der Waals surface area contributed by atoms with E-state index in [0.717, 1.165) is 27.8 Å². The third kappa shape index (κ3) is 5.16. The van der Waals surface area contributed by atoms with Crippen molar-refractivity contribution in [1.82, 2.24) is 9.55 Å². The Morgan fingerprint density at radius 3 is 2.53 bits per heavy atom. The number of hydrogen-bond donors (Lipinski definition) is 1. The fraction of sp³-hybridized carbons (Fsp3) is 0.261. The zero-order valence-corrected chi connectivity index (χ0v) is 18.7. The summed E-state index contributed by atoms with van der Waals surface area (Å²) in [5.41, 5.74) is 2.79. The second-order valence-corrected chi connectivity index (χ2v) is 7.99. The summed E-state index contributed by atoms with van der Waals surface area (Å²) in [6.07, 6.45) is 3.11. The monoisotopic (exact) mass is 469 g/mol. The van der Waals surface area contributed by atoms with Gasteiger partial charge in [-0.2, -0.15) is 0 Å². The molecular weight excluding hydrogens is 446 g/mol. The number of rotatable bonds is 7. The van der Waals surface area contributed by atoms with Gasteiger partial charge in [0.25, 0.3) is 5.91 Å². The van der Waals surface area contributed by atoms with E-state index in [1.54, 1.807) is 17.7 Å². The van der Waals surface area contributed by atoms with Crippen LogP contribution in [0.1, 0.15) is 49.2 Å². The summed E-state index contributed by atoms with van der Waals surface area (Å²) < 4.78 is 8.01. The maximum absolute atomic E-state index is 12.6. The van der Waals surface area contributed by atoms with Gasteiger partial charge in [-0.3, -0.25) is 4.79 Å². The predicted molar refractivity (Wildman–Crippen MR) is 120 cm³/mol. The normalized spacial score (nSPS) is 12.8. The first-order chi connectivity index (χ1) is 14.4. The largest absolute Gasteiger partial charge is 0.448 e. The molecule has 1 heterocycles. The summed E-state index contributed by atoms with van der Waals surface area (Å²) in [4.78, 5) is 29.1. The number of carbonyl (C=O) groups excluding carboxylic acids is 2. The minimum Gasteiger partial charge on any atom is -0.448 e. The van der Waals surface area contributed by atoms with Crippen LogP contribution in [0.2, 0.25) is 0 Å². The molecule has 156 valence electrons. The van der Waals surface area contributed by atoms with Crippen LogP contribution < -0.4 is 5.32 Å². The molecule has 1 amide bonds. The van der Waals surface area contributed by atoms with Crippen LogP contribution >= 0.6 is 15.9 Å². The van der Waals surface area contributed by atoms with Crippen LogP contribution in [-0.4, -0.2) is 27.5 Å². The molecule has 3 aromatic rings. The Labute approximate surface area is 184 Å². The van der Waals surface area contributed by atoms with E-state index in [4.69, 9.17) is 4.74 Å². The van der Waals surface area contributed by atoms with E-state index >= 15 is 0 Å². The lowest BCUT2D eigenvalue weighted by Crippen LogP contribution is -2.30. The van der Waals surface area contributed by atoms with Crippen LogP contribution in [0.4, 0.5) is 5.69 Å². The SMILES string of the molecule is CCC(C)c1ccccc1NC(=O)C(C)OC(=O)c1cn(-c2ccc(Br)cc2)cn1. The quantitative estimate of drug-likeness (QED) is 0.474. The number of amides is 1. The third-order valence-electron chi connectivity index (χ3n) is 4.93. The Kier molecular flexibility index (Phi) is 7.05. The molecule has 0 aliphatic rings. The van der Waals surface area contributed by atoms with Crippen LogP contribution in [-0.2, 0) is 9.53 Å². The minimum absolute atomic E-state index is 0.137. The van der Waals surface area contributed by atoms with E-state index in [0.29, 0.717) is 5.92 Å². The van der Waals surface area contributed by atoms with Crippen molar-refractivity contribution in [2.24, 2.45) is 0 Å². The molecule has 0 fully saturated rings. The molecule has 30 heavy (non-hydrogen) atoms. The lowest BCUT2D eigenvalue weighted by molar-refractivity contribution is -0.123. The van der Waals surface area contributed by atoms with Crippen molar-refractivity contribution in [1.29, 1.82) is 0 Å². The molecule has 1 N–H and O–H groups in total. The summed E-state index contributed by atoms with van der Waals surface area (Å²) in [7, 11) is 0. The van der Waals surface area contributed by atoms with Crippen molar-refractivity contribution in [3.8, 4) is 5.69 Å². The first kappa shape index (κ1) is 21.8. The first-order valence-electron chi connectivity index (χ1n) is 9.79. The first-order valence-corrected chi connectivity index (χ1v) is 10.6. The smallest absolute Gasteiger partial charge is 0.359 e. The second-order valence-electron chi connectivity index (χ2n) is 7.08. The number of aromatic nitrogens is 2. The van der Waals surface area contributed by atoms with Gasteiger partial charge in [0.15, 0.2) is 11.8 Å². The maximum atomic E-state index is 12.6. The highest BCUT2D eigenvalue weighted by molar-refractivity contribution is 9.10. The van der Waals surface area contributed by atoms with Crippen LogP contribution in [0.15, 0.2) is 65.5 Å². The van der Waals surface area contributed by atoms with Crippen molar-refractivity contribution >= 4 is 33.5 Å². The summed E-state index contributed by atoms with van der Waals surface area (Å²) in [5, 5.41) is 2.87. The number of anilines is 1. The average molecular weight is 470 g/mol. The Hall–Kier alpha value is -2.93. The highest BCUT2D eigenvalue weighted by atomic mass is 79.9. The number of halogens is 1. The molecule has 0 bridgehead atoms. The van der Waals surface area contributed by atoms with Crippen LogP contribution in [0.3, 0.4) is 0 Å². The molecule has 0 saturated carbocycles. The Morgan fingerprint density at radius 1 is 1.13 bits per heavy atom. The molecule has 2 aromatic carbocycles. The Bertz CT molecular complexity index is 1030. The van der Waals surface area contributed by atoms with Gasteiger partial charge in [0, 0.05) is 22.0 Å². The Morgan fingerprint density at radius 2 is 1.83 bits per heavy atom. The van der Waals surface area contributed by atoms with E-state index in [9.17, 15) is 9.59 Å². The van der Waals surface area contributed by atoms with Gasteiger partial charge in [-0.05, 0) is 55.2 Å². The molecule has 0 spiro atoms. The van der Waals surface area contributed by atoms with E-state index in [1.165, 1.54) is 6.33 Å². The topological polar surface area (TPSA) is 73.2 Å². The zero-order chi connectivity index (χ0) is 21.7. The highest BCUT2D eigenvalue weighted by Gasteiger charge is 2.22. The number of carbonyl (C=O) groups is 2. The summed E-state index contributed by atoms with van der Waals surface area (Å²) in [5.74, 6) is -0.725. The van der Waals surface area contributed by atoms with E-state index < -0.39 is 12.1 Å². The number of nitrogens with zero attached hydrogens (tertiary/aromatic N) is 2. The van der Waals surface area contributed by atoms with E-state index in [1.807, 2.05) is 48.5 Å². The summed E-state index contributed by atoms with van der Waals surface area (Å²) >= 11 is 3.39. The molecule has 7 heteroatoms. The molecule has 2 atom stereocenters. The van der Waals surface area contributed by atoms with Crippen molar-refractivity contribution < 1.29 is 14.3 Å². The summed E-state index contributed by atoms with van der Waals surface area (Å²) in [6, 6.07) is 15.3. The highest BCUT2D eigenvalue weighted by Crippen LogP contribution is 2.26. The van der Waals surface area contributed by atoms with Crippen LogP contribution in [0, 0.1) is 0 Å². The van der Waals surface area contributed by atoms with Gasteiger partial charge in [-0.25, -0.2) is 9.78 Å². The molecule has 2 unspecified atom stereocenters. The number of nitrogens with one attached hydrogen (secondary N) is 1. The number of benzene rings is 2. The van der Waals surface area contributed by atoms with Gasteiger partial charge < -0.3 is 14.6 Å². The third-order valence-corrected chi connectivity index (χ3v) is 5.46. The fourth-order valence-electron chi connectivity index (χ4n) is 2.95.